The van der Waals surface area contributed by atoms with Gasteiger partial charge in [0, 0.05) is 44.4 Å². The highest BCUT2D eigenvalue weighted by atomic mass is 32.1. The summed E-state index contributed by atoms with van der Waals surface area (Å²) in [7, 11) is 3.20. The van der Waals surface area contributed by atoms with Crippen LogP contribution in [-0.4, -0.2) is 68.5 Å². The Morgan fingerprint density at radius 3 is 2.63 bits per heavy atom. The minimum Gasteiger partial charge on any atom is -0.497 e. The molecule has 1 saturated heterocycles. The number of hydrogen-bond donors (Lipinski definition) is 1. The maximum Gasteiger partial charge on any atom is 0.173 e. The summed E-state index contributed by atoms with van der Waals surface area (Å²) in [5.74, 6) is 1.08. The summed E-state index contributed by atoms with van der Waals surface area (Å²) < 4.78 is 30.4. The van der Waals surface area contributed by atoms with Gasteiger partial charge in [0.2, 0.25) is 0 Å². The molecule has 0 aromatic heterocycles. The molecule has 8 heteroatoms. The Labute approximate surface area is 182 Å². The van der Waals surface area contributed by atoms with Crippen molar-refractivity contribution in [3.8, 4) is 11.5 Å². The Hall–Kier alpha value is -2.42. The molecule has 1 aliphatic rings. The number of halogens is 1. The van der Waals surface area contributed by atoms with Gasteiger partial charge in [-0.25, -0.2) is 4.39 Å². The summed E-state index contributed by atoms with van der Waals surface area (Å²) in [5.41, 5.74) is 1.33. The second-order valence-corrected chi connectivity index (χ2v) is 7.35. The highest BCUT2D eigenvalue weighted by molar-refractivity contribution is 7.80. The van der Waals surface area contributed by atoms with Gasteiger partial charge in [-0.05, 0) is 30.4 Å². The van der Waals surface area contributed by atoms with E-state index in [1.54, 1.807) is 32.4 Å². The van der Waals surface area contributed by atoms with Crippen LogP contribution in [0.2, 0.25) is 0 Å². The van der Waals surface area contributed by atoms with Crippen molar-refractivity contribution in [1.29, 1.82) is 0 Å². The first-order valence-electron chi connectivity index (χ1n) is 9.92. The normalized spacial score (nSPS) is 14.2. The molecule has 1 aliphatic heterocycles. The lowest BCUT2D eigenvalue weighted by molar-refractivity contribution is 0.0358. The van der Waals surface area contributed by atoms with Gasteiger partial charge in [-0.2, -0.15) is 0 Å². The average molecular weight is 434 g/mol. The molecule has 0 saturated carbocycles. The van der Waals surface area contributed by atoms with Crippen LogP contribution in [0.25, 0.3) is 0 Å². The first kappa shape index (κ1) is 22.3. The summed E-state index contributed by atoms with van der Waals surface area (Å²) in [5, 5.41) is 3.76. The molecule has 1 heterocycles. The van der Waals surface area contributed by atoms with Gasteiger partial charge >= 0.3 is 0 Å². The maximum atomic E-state index is 14.3. The fourth-order valence-corrected chi connectivity index (χ4v) is 3.53. The number of ether oxygens (including phenoxy) is 3. The van der Waals surface area contributed by atoms with Gasteiger partial charge in [0.15, 0.2) is 5.11 Å². The summed E-state index contributed by atoms with van der Waals surface area (Å²) in [6.45, 7) is 5.11. The van der Waals surface area contributed by atoms with Crippen LogP contribution >= 0.6 is 12.2 Å². The van der Waals surface area contributed by atoms with Crippen LogP contribution < -0.4 is 14.8 Å². The molecule has 0 aliphatic carbocycles. The zero-order valence-corrected chi connectivity index (χ0v) is 18.2. The van der Waals surface area contributed by atoms with Crippen LogP contribution in [0.3, 0.4) is 0 Å². The molecule has 1 fully saturated rings. The van der Waals surface area contributed by atoms with Gasteiger partial charge in [-0.1, -0.05) is 18.2 Å². The predicted molar refractivity (Wildman–Crippen MR) is 120 cm³/mol. The van der Waals surface area contributed by atoms with Gasteiger partial charge in [-0.3, -0.25) is 4.90 Å². The molecule has 0 bridgehead atoms. The number of hydrogen-bond acceptors (Lipinski definition) is 5. The molecule has 30 heavy (non-hydrogen) atoms. The standard InChI is InChI=1S/C22H28FN3O3S/c1-27-18-7-8-20(21(15-18)28-2)24-22(30)26(10-9-25-11-13-29-14-12-25)16-17-5-3-4-6-19(17)23/h3-8,15H,9-14,16H2,1-2H3,(H,24,30). The molecule has 1 N–H and O–H groups in total. The topological polar surface area (TPSA) is 46.2 Å². The van der Waals surface area contributed by atoms with Crippen LogP contribution in [0.1, 0.15) is 5.56 Å². The second kappa shape index (κ2) is 11.1. The largest absolute Gasteiger partial charge is 0.497 e. The lowest BCUT2D eigenvalue weighted by atomic mass is 10.2. The third-order valence-corrected chi connectivity index (χ3v) is 5.41. The fraction of sp³-hybridized carbons (Fsp3) is 0.409. The molecule has 0 unspecified atom stereocenters. The maximum absolute atomic E-state index is 14.3. The van der Waals surface area contributed by atoms with E-state index >= 15 is 0 Å². The van der Waals surface area contributed by atoms with E-state index in [0.717, 1.165) is 38.5 Å². The van der Waals surface area contributed by atoms with Crippen molar-refractivity contribution in [2.24, 2.45) is 0 Å². The zero-order chi connectivity index (χ0) is 21.3. The summed E-state index contributed by atoms with van der Waals surface area (Å²) in [6, 6.07) is 12.3. The quantitative estimate of drug-likeness (QED) is 0.641. The molecule has 6 nitrogen and oxygen atoms in total. The molecular weight excluding hydrogens is 405 g/mol. The van der Waals surface area contributed by atoms with E-state index in [2.05, 4.69) is 10.2 Å². The van der Waals surface area contributed by atoms with Crippen LogP contribution in [0.4, 0.5) is 10.1 Å². The molecule has 0 atom stereocenters. The molecule has 162 valence electrons. The summed E-state index contributed by atoms with van der Waals surface area (Å²) in [6.07, 6.45) is 0. The van der Waals surface area contributed by atoms with E-state index in [1.165, 1.54) is 6.07 Å². The molecule has 0 spiro atoms. The average Bonchev–Trinajstić information content (AvgIpc) is 2.78. The molecule has 2 aromatic rings. The van der Waals surface area contributed by atoms with Crippen molar-refractivity contribution in [1.82, 2.24) is 9.80 Å². The summed E-state index contributed by atoms with van der Waals surface area (Å²) in [4.78, 5) is 4.31. The van der Waals surface area contributed by atoms with E-state index in [9.17, 15) is 4.39 Å². The number of rotatable bonds is 8. The van der Waals surface area contributed by atoms with E-state index in [0.29, 0.717) is 35.3 Å². The van der Waals surface area contributed by atoms with E-state index in [-0.39, 0.29) is 5.82 Å². The van der Waals surface area contributed by atoms with Crippen molar-refractivity contribution in [3.05, 3.63) is 53.8 Å². The van der Waals surface area contributed by atoms with E-state index in [4.69, 9.17) is 26.4 Å². The third kappa shape index (κ3) is 6.04. The van der Waals surface area contributed by atoms with Gasteiger partial charge in [0.05, 0.1) is 33.1 Å². The van der Waals surface area contributed by atoms with Crippen LogP contribution in [-0.2, 0) is 11.3 Å². The van der Waals surface area contributed by atoms with Crippen molar-refractivity contribution in [2.45, 2.75) is 6.54 Å². The zero-order valence-electron chi connectivity index (χ0n) is 17.4. The minimum atomic E-state index is -0.237. The van der Waals surface area contributed by atoms with E-state index in [1.807, 2.05) is 23.1 Å². The Morgan fingerprint density at radius 2 is 1.93 bits per heavy atom. The molecule has 2 aromatic carbocycles. The lowest BCUT2D eigenvalue weighted by Crippen LogP contribution is -2.44. The van der Waals surface area contributed by atoms with Crippen molar-refractivity contribution in [2.75, 3.05) is 58.9 Å². The van der Waals surface area contributed by atoms with Gasteiger partial charge < -0.3 is 24.4 Å². The molecule has 3 rings (SSSR count). The highest BCUT2D eigenvalue weighted by Gasteiger charge is 2.17. The Kier molecular flexibility index (Phi) is 8.24. The number of anilines is 1. The SMILES string of the molecule is COc1ccc(NC(=S)N(CCN2CCOCC2)Cc2ccccc2F)c(OC)c1. The molecule has 0 amide bonds. The Bertz CT molecular complexity index is 846. The Balaban J connectivity index is 1.74. The predicted octanol–water partition coefficient (Wildman–Crippen LogP) is 3.37. The first-order chi connectivity index (χ1) is 14.6. The lowest BCUT2D eigenvalue weighted by Gasteiger charge is -2.31. The number of thiocarbonyl (C=S) groups is 1. The van der Waals surface area contributed by atoms with Crippen LogP contribution in [0.15, 0.2) is 42.5 Å². The minimum absolute atomic E-state index is 0.237. The number of nitrogens with zero attached hydrogens (tertiary/aromatic N) is 2. The van der Waals surface area contributed by atoms with Gasteiger partial charge in [0.1, 0.15) is 17.3 Å². The van der Waals surface area contributed by atoms with E-state index < -0.39 is 0 Å². The number of methoxy groups -OCH3 is 2. The monoisotopic (exact) mass is 433 g/mol. The highest BCUT2D eigenvalue weighted by Crippen LogP contribution is 2.29. The number of nitrogens with one attached hydrogen (secondary N) is 1. The van der Waals surface area contributed by atoms with Crippen LogP contribution in [0.5, 0.6) is 11.5 Å². The second-order valence-electron chi connectivity index (χ2n) is 6.96. The smallest absolute Gasteiger partial charge is 0.173 e. The van der Waals surface area contributed by atoms with Crippen molar-refractivity contribution < 1.29 is 18.6 Å². The molecular formula is C22H28FN3O3S. The number of morpholine rings is 1. The van der Waals surface area contributed by atoms with Crippen molar-refractivity contribution >= 4 is 23.0 Å². The summed E-state index contributed by atoms with van der Waals surface area (Å²) >= 11 is 5.70. The van der Waals surface area contributed by atoms with Crippen LogP contribution in [0, 0.1) is 5.82 Å². The van der Waals surface area contributed by atoms with Crippen molar-refractivity contribution in [3.63, 3.8) is 0 Å². The Morgan fingerprint density at radius 1 is 1.17 bits per heavy atom. The third-order valence-electron chi connectivity index (χ3n) is 5.05. The fourth-order valence-electron chi connectivity index (χ4n) is 3.27. The first-order valence-corrected chi connectivity index (χ1v) is 10.3. The number of benzene rings is 2. The van der Waals surface area contributed by atoms with Gasteiger partial charge in [-0.15, -0.1) is 0 Å². The molecule has 0 radical (unpaired) electrons. The van der Waals surface area contributed by atoms with Gasteiger partial charge in [0.25, 0.3) is 0 Å².